The van der Waals surface area contributed by atoms with Gasteiger partial charge in [-0.2, -0.15) is 5.26 Å². The SMILES string of the molecule is N#CCC(CO)(CO)CBr. The minimum absolute atomic E-state index is 0.164. The van der Waals surface area contributed by atoms with Crippen LogP contribution in [0.3, 0.4) is 0 Å². The summed E-state index contributed by atoms with van der Waals surface area (Å²) in [5.74, 6) is 0. The molecule has 0 saturated carbocycles. The van der Waals surface area contributed by atoms with Gasteiger partial charge in [0.05, 0.1) is 19.3 Å². The van der Waals surface area contributed by atoms with E-state index in [9.17, 15) is 0 Å². The lowest BCUT2D eigenvalue weighted by molar-refractivity contribution is 0.0789. The van der Waals surface area contributed by atoms with Crippen LogP contribution in [-0.2, 0) is 0 Å². The quantitative estimate of drug-likeness (QED) is 0.651. The van der Waals surface area contributed by atoms with Crippen molar-refractivity contribution in [1.29, 1.82) is 5.26 Å². The molecule has 0 unspecified atom stereocenters. The molecule has 0 radical (unpaired) electrons. The van der Waals surface area contributed by atoms with E-state index in [1.54, 1.807) is 0 Å². The molecule has 0 fully saturated rings. The van der Waals surface area contributed by atoms with Crippen LogP contribution in [0.1, 0.15) is 6.42 Å². The smallest absolute Gasteiger partial charge is 0.0629 e. The van der Waals surface area contributed by atoms with Gasteiger partial charge in [-0.1, -0.05) is 15.9 Å². The minimum atomic E-state index is -0.658. The third-order valence-corrected chi connectivity index (χ3v) is 2.60. The molecular weight excluding hydrogens is 198 g/mol. The summed E-state index contributed by atoms with van der Waals surface area (Å²) in [6, 6.07) is 1.91. The fourth-order valence-electron chi connectivity index (χ4n) is 0.461. The van der Waals surface area contributed by atoms with Gasteiger partial charge >= 0.3 is 0 Å². The third-order valence-electron chi connectivity index (χ3n) is 1.41. The van der Waals surface area contributed by atoms with Gasteiger partial charge in [-0.25, -0.2) is 0 Å². The molecule has 0 spiro atoms. The van der Waals surface area contributed by atoms with E-state index in [1.165, 1.54) is 0 Å². The molecular formula is C6H10BrNO2. The van der Waals surface area contributed by atoms with Crippen molar-refractivity contribution in [2.24, 2.45) is 5.41 Å². The van der Waals surface area contributed by atoms with Gasteiger partial charge in [-0.3, -0.25) is 0 Å². The van der Waals surface area contributed by atoms with E-state index >= 15 is 0 Å². The van der Waals surface area contributed by atoms with Crippen LogP contribution in [0.4, 0.5) is 0 Å². The van der Waals surface area contributed by atoms with Crippen molar-refractivity contribution in [1.82, 2.24) is 0 Å². The zero-order valence-electron chi connectivity index (χ0n) is 5.55. The van der Waals surface area contributed by atoms with Gasteiger partial charge in [0.1, 0.15) is 0 Å². The van der Waals surface area contributed by atoms with E-state index in [0.29, 0.717) is 5.33 Å². The Hall–Kier alpha value is -0.110. The van der Waals surface area contributed by atoms with Crippen molar-refractivity contribution in [2.45, 2.75) is 6.42 Å². The maximum absolute atomic E-state index is 8.77. The first kappa shape index (κ1) is 9.89. The zero-order chi connectivity index (χ0) is 8.04. The van der Waals surface area contributed by atoms with E-state index in [0.717, 1.165) is 0 Å². The van der Waals surface area contributed by atoms with Crippen LogP contribution in [0.25, 0.3) is 0 Å². The van der Waals surface area contributed by atoms with Crippen LogP contribution in [0.5, 0.6) is 0 Å². The molecule has 0 aliphatic rings. The van der Waals surface area contributed by atoms with Gasteiger partial charge in [-0.15, -0.1) is 0 Å². The molecule has 10 heavy (non-hydrogen) atoms. The highest BCUT2D eigenvalue weighted by Gasteiger charge is 2.26. The number of alkyl halides is 1. The van der Waals surface area contributed by atoms with E-state index in [2.05, 4.69) is 15.9 Å². The van der Waals surface area contributed by atoms with E-state index in [1.807, 2.05) is 6.07 Å². The molecule has 0 aromatic carbocycles. The van der Waals surface area contributed by atoms with E-state index < -0.39 is 5.41 Å². The lowest BCUT2D eigenvalue weighted by Crippen LogP contribution is -2.31. The summed E-state index contributed by atoms with van der Waals surface area (Å²) >= 11 is 3.12. The molecule has 0 bridgehead atoms. The number of halogens is 1. The molecule has 0 rings (SSSR count). The Kier molecular flexibility index (Phi) is 4.62. The average molecular weight is 208 g/mol. The van der Waals surface area contributed by atoms with Crippen LogP contribution in [0.2, 0.25) is 0 Å². The summed E-state index contributed by atoms with van der Waals surface area (Å²) in [6.45, 7) is -0.329. The van der Waals surface area contributed by atoms with Gasteiger partial charge in [0.15, 0.2) is 0 Å². The first-order valence-corrected chi connectivity index (χ1v) is 4.01. The standard InChI is InChI=1S/C6H10BrNO2/c7-3-6(4-9,5-10)1-2-8/h9-10H,1,3-5H2. The van der Waals surface area contributed by atoms with Crippen LogP contribution in [-0.4, -0.2) is 28.8 Å². The normalized spacial score (nSPS) is 11.0. The first-order valence-electron chi connectivity index (χ1n) is 2.89. The molecule has 4 heteroatoms. The van der Waals surface area contributed by atoms with Crippen molar-refractivity contribution < 1.29 is 10.2 Å². The van der Waals surface area contributed by atoms with Crippen molar-refractivity contribution >= 4 is 15.9 Å². The first-order chi connectivity index (χ1) is 4.74. The maximum atomic E-state index is 8.77. The number of hydrogen-bond donors (Lipinski definition) is 2. The predicted molar refractivity (Wildman–Crippen MR) is 40.6 cm³/mol. The molecule has 2 N–H and O–H groups in total. The summed E-state index contributed by atoms with van der Waals surface area (Å²) in [6.07, 6.45) is 0.172. The Morgan fingerprint density at radius 2 is 1.90 bits per heavy atom. The topological polar surface area (TPSA) is 64.2 Å². The predicted octanol–water partition coefficient (Wildman–Crippen LogP) is 0.266. The average Bonchev–Trinajstić information content (AvgIpc) is 2.01. The Bertz CT molecular complexity index is 120. The molecule has 0 atom stereocenters. The lowest BCUT2D eigenvalue weighted by Gasteiger charge is -2.23. The van der Waals surface area contributed by atoms with Crippen molar-refractivity contribution in [2.75, 3.05) is 18.5 Å². The minimum Gasteiger partial charge on any atom is -0.396 e. The molecule has 0 heterocycles. The van der Waals surface area contributed by atoms with Crippen LogP contribution >= 0.6 is 15.9 Å². The van der Waals surface area contributed by atoms with E-state index in [-0.39, 0.29) is 19.6 Å². The van der Waals surface area contributed by atoms with E-state index in [4.69, 9.17) is 15.5 Å². The monoisotopic (exact) mass is 207 g/mol. The summed E-state index contributed by atoms with van der Waals surface area (Å²) in [5.41, 5.74) is -0.658. The Labute approximate surface area is 68.4 Å². The Balaban J connectivity index is 4.04. The molecule has 0 amide bonds. The van der Waals surface area contributed by atoms with Crippen LogP contribution in [0.15, 0.2) is 0 Å². The van der Waals surface area contributed by atoms with Gasteiger partial charge in [0, 0.05) is 17.2 Å². The number of nitriles is 1. The van der Waals surface area contributed by atoms with Gasteiger partial charge in [0.25, 0.3) is 0 Å². The highest BCUT2D eigenvalue weighted by atomic mass is 79.9. The number of hydrogen-bond acceptors (Lipinski definition) is 3. The molecule has 0 saturated heterocycles. The number of rotatable bonds is 4. The fourth-order valence-corrected chi connectivity index (χ4v) is 1.01. The second-order valence-corrected chi connectivity index (χ2v) is 2.85. The van der Waals surface area contributed by atoms with Crippen LogP contribution < -0.4 is 0 Å². The second-order valence-electron chi connectivity index (χ2n) is 2.28. The van der Waals surface area contributed by atoms with Crippen LogP contribution in [0, 0.1) is 16.7 Å². The molecule has 58 valence electrons. The maximum Gasteiger partial charge on any atom is 0.0629 e. The summed E-state index contributed by atoms with van der Waals surface area (Å²) in [4.78, 5) is 0. The van der Waals surface area contributed by atoms with Crippen molar-refractivity contribution in [3.05, 3.63) is 0 Å². The summed E-state index contributed by atoms with van der Waals surface area (Å²) in [5, 5.41) is 26.3. The zero-order valence-corrected chi connectivity index (χ0v) is 7.13. The highest BCUT2D eigenvalue weighted by molar-refractivity contribution is 9.09. The van der Waals surface area contributed by atoms with Gasteiger partial charge < -0.3 is 10.2 Å². The van der Waals surface area contributed by atoms with Crippen molar-refractivity contribution in [3.63, 3.8) is 0 Å². The van der Waals surface area contributed by atoms with Gasteiger partial charge in [0.2, 0.25) is 0 Å². The largest absolute Gasteiger partial charge is 0.396 e. The van der Waals surface area contributed by atoms with Crippen molar-refractivity contribution in [3.8, 4) is 6.07 Å². The number of aliphatic hydroxyl groups is 2. The number of nitrogens with zero attached hydrogens (tertiary/aromatic N) is 1. The molecule has 0 aliphatic heterocycles. The number of aliphatic hydroxyl groups excluding tert-OH is 2. The molecule has 0 aromatic rings. The second kappa shape index (κ2) is 4.67. The van der Waals surface area contributed by atoms with Gasteiger partial charge in [-0.05, 0) is 0 Å². The molecule has 0 aliphatic carbocycles. The molecule has 0 aromatic heterocycles. The lowest BCUT2D eigenvalue weighted by atomic mass is 9.90. The Morgan fingerprint density at radius 3 is 2.00 bits per heavy atom. The summed E-state index contributed by atoms with van der Waals surface area (Å²) < 4.78 is 0. The summed E-state index contributed by atoms with van der Waals surface area (Å²) in [7, 11) is 0. The molecule has 3 nitrogen and oxygen atoms in total. The Morgan fingerprint density at radius 1 is 1.40 bits per heavy atom. The highest BCUT2D eigenvalue weighted by Crippen LogP contribution is 2.22. The fraction of sp³-hybridized carbons (Fsp3) is 0.833. The third kappa shape index (κ3) is 2.25.